The van der Waals surface area contributed by atoms with E-state index >= 15 is 0 Å². The van der Waals surface area contributed by atoms with Crippen LogP contribution < -0.4 is 5.32 Å². The highest BCUT2D eigenvalue weighted by Gasteiger charge is 2.22. The van der Waals surface area contributed by atoms with Crippen molar-refractivity contribution in [2.75, 3.05) is 18.4 Å². The number of anilines is 1. The number of aromatic nitrogens is 2. The van der Waals surface area contributed by atoms with Crippen molar-refractivity contribution in [2.45, 2.75) is 45.7 Å². The van der Waals surface area contributed by atoms with Crippen molar-refractivity contribution in [3.05, 3.63) is 35.9 Å². The minimum Gasteiger partial charge on any atom is -0.507 e. The molecule has 0 aliphatic carbocycles. The Labute approximate surface area is 143 Å². The smallest absolute Gasteiger partial charge is 0.149 e. The number of nitrogens with zero attached hydrogens (tertiary/aromatic N) is 3. The molecular formula is C19H26N4O. The predicted molar refractivity (Wildman–Crippen MR) is 97.2 cm³/mol. The maximum Gasteiger partial charge on any atom is 0.149 e. The lowest BCUT2D eigenvalue weighted by Gasteiger charge is -2.35. The van der Waals surface area contributed by atoms with E-state index < -0.39 is 0 Å². The van der Waals surface area contributed by atoms with E-state index in [-0.39, 0.29) is 5.75 Å². The number of aryl methyl sites for hydroxylation is 1. The van der Waals surface area contributed by atoms with E-state index in [0.29, 0.717) is 12.1 Å². The number of nitrogens with one attached hydrogen (secondary N) is 1. The predicted octanol–water partition coefficient (Wildman–Crippen LogP) is 3.44. The third-order valence-corrected chi connectivity index (χ3v) is 4.68. The number of aromatic hydroxyl groups is 1. The van der Waals surface area contributed by atoms with Crippen LogP contribution in [0.25, 0.3) is 11.3 Å². The molecule has 0 bridgehead atoms. The molecule has 24 heavy (non-hydrogen) atoms. The van der Waals surface area contributed by atoms with Gasteiger partial charge in [-0.15, -0.1) is 10.2 Å². The highest BCUT2D eigenvalue weighted by atomic mass is 16.3. The lowest BCUT2D eigenvalue weighted by molar-refractivity contribution is 0.174. The molecule has 128 valence electrons. The molecule has 3 rings (SSSR count). The topological polar surface area (TPSA) is 61.3 Å². The Bertz CT molecular complexity index is 702. The Morgan fingerprint density at radius 1 is 1.25 bits per heavy atom. The number of benzene rings is 1. The van der Waals surface area contributed by atoms with E-state index in [2.05, 4.69) is 34.3 Å². The molecular weight excluding hydrogens is 300 g/mol. The number of likely N-dealkylation sites (tertiary alicyclic amines) is 1. The molecule has 1 aliphatic rings. The molecule has 0 saturated carbocycles. The van der Waals surface area contributed by atoms with E-state index in [1.54, 1.807) is 12.1 Å². The largest absolute Gasteiger partial charge is 0.507 e. The number of hydrogen-bond donors (Lipinski definition) is 2. The summed E-state index contributed by atoms with van der Waals surface area (Å²) in [6.45, 7) is 8.70. The Morgan fingerprint density at radius 3 is 2.75 bits per heavy atom. The number of phenols is 1. The fourth-order valence-electron chi connectivity index (χ4n) is 3.30. The second-order valence-corrected chi connectivity index (χ2v) is 6.85. The summed E-state index contributed by atoms with van der Waals surface area (Å²) in [6, 6.07) is 10.2. The van der Waals surface area contributed by atoms with Crippen LogP contribution in [0.2, 0.25) is 0 Å². The maximum absolute atomic E-state index is 10.0. The molecule has 5 nitrogen and oxygen atoms in total. The van der Waals surface area contributed by atoms with E-state index in [0.717, 1.165) is 35.6 Å². The van der Waals surface area contributed by atoms with Crippen molar-refractivity contribution >= 4 is 5.82 Å². The van der Waals surface area contributed by atoms with Crippen LogP contribution in [0.3, 0.4) is 0 Å². The summed E-state index contributed by atoms with van der Waals surface area (Å²) >= 11 is 0. The van der Waals surface area contributed by atoms with Gasteiger partial charge in [0.05, 0.1) is 5.69 Å². The summed E-state index contributed by atoms with van der Waals surface area (Å²) in [5, 5.41) is 22.2. The number of piperidine rings is 1. The summed E-state index contributed by atoms with van der Waals surface area (Å²) in [4.78, 5) is 2.50. The van der Waals surface area contributed by atoms with Gasteiger partial charge in [0.15, 0.2) is 0 Å². The van der Waals surface area contributed by atoms with Gasteiger partial charge in [0.25, 0.3) is 0 Å². The van der Waals surface area contributed by atoms with Gasteiger partial charge in [-0.05, 0) is 63.9 Å². The molecule has 0 amide bonds. The fraction of sp³-hybridized carbons (Fsp3) is 0.474. The van der Waals surface area contributed by atoms with Crippen molar-refractivity contribution in [3.63, 3.8) is 0 Å². The van der Waals surface area contributed by atoms with Crippen LogP contribution in [-0.2, 0) is 0 Å². The molecule has 2 heterocycles. The van der Waals surface area contributed by atoms with Gasteiger partial charge >= 0.3 is 0 Å². The molecule has 1 aromatic heterocycles. The van der Waals surface area contributed by atoms with Crippen molar-refractivity contribution < 1.29 is 5.11 Å². The van der Waals surface area contributed by atoms with Gasteiger partial charge in [0, 0.05) is 24.2 Å². The summed E-state index contributed by atoms with van der Waals surface area (Å²) < 4.78 is 0. The first-order chi connectivity index (χ1) is 11.5. The Hall–Kier alpha value is -2.14. The Morgan fingerprint density at radius 2 is 2.04 bits per heavy atom. The molecule has 0 radical (unpaired) electrons. The van der Waals surface area contributed by atoms with Gasteiger partial charge in [-0.2, -0.15) is 0 Å². The molecule has 1 atom stereocenters. The third-order valence-electron chi connectivity index (χ3n) is 4.68. The molecule has 1 aromatic carbocycles. The number of para-hydroxylation sites is 1. The highest BCUT2D eigenvalue weighted by molar-refractivity contribution is 5.69. The van der Waals surface area contributed by atoms with Crippen LogP contribution in [0.1, 0.15) is 32.3 Å². The summed E-state index contributed by atoms with van der Waals surface area (Å²) in [5.41, 5.74) is 2.45. The van der Waals surface area contributed by atoms with E-state index in [1.807, 2.05) is 25.1 Å². The summed E-state index contributed by atoms with van der Waals surface area (Å²) in [7, 11) is 0. The van der Waals surface area contributed by atoms with Crippen molar-refractivity contribution in [3.8, 4) is 17.0 Å². The van der Waals surface area contributed by atoms with Crippen LogP contribution in [-0.4, -0.2) is 45.4 Å². The van der Waals surface area contributed by atoms with E-state index in [1.165, 1.54) is 13.0 Å². The molecule has 1 saturated heterocycles. The molecule has 1 fully saturated rings. The SMILES string of the molecule is Cc1cc(N[C@@H]2CCCN(C(C)C)C2)nnc1-c1ccccc1O. The minimum atomic E-state index is 0.232. The van der Waals surface area contributed by atoms with Gasteiger partial charge in [0.2, 0.25) is 0 Å². The molecule has 1 aliphatic heterocycles. The van der Waals surface area contributed by atoms with Crippen LogP contribution in [0.15, 0.2) is 30.3 Å². The first kappa shape index (κ1) is 16.7. The zero-order valence-corrected chi connectivity index (χ0v) is 14.7. The highest BCUT2D eigenvalue weighted by Crippen LogP contribution is 2.29. The lowest BCUT2D eigenvalue weighted by Crippen LogP contribution is -2.45. The summed E-state index contributed by atoms with van der Waals surface area (Å²) in [6.07, 6.45) is 2.36. The fourth-order valence-corrected chi connectivity index (χ4v) is 3.30. The zero-order chi connectivity index (χ0) is 17.1. The van der Waals surface area contributed by atoms with E-state index in [4.69, 9.17) is 0 Å². The quantitative estimate of drug-likeness (QED) is 0.901. The Balaban J connectivity index is 1.74. The second-order valence-electron chi connectivity index (χ2n) is 6.85. The van der Waals surface area contributed by atoms with Gasteiger partial charge in [-0.25, -0.2) is 0 Å². The third kappa shape index (κ3) is 3.67. The Kier molecular flexibility index (Phi) is 5.00. The standard InChI is InChI=1S/C19H26N4O/c1-13(2)23-10-6-7-15(12-23)20-18-11-14(3)19(22-21-18)16-8-4-5-9-17(16)24/h4-5,8-9,11,13,15,24H,6-7,10,12H2,1-3H3,(H,20,21)/t15-/m1/s1. The van der Waals surface area contributed by atoms with Crippen LogP contribution >= 0.6 is 0 Å². The molecule has 0 spiro atoms. The number of phenolic OH excluding ortho intramolecular Hbond substituents is 1. The first-order valence-electron chi connectivity index (χ1n) is 8.68. The minimum absolute atomic E-state index is 0.232. The van der Waals surface area contributed by atoms with Gasteiger partial charge in [0.1, 0.15) is 11.6 Å². The average molecular weight is 326 g/mol. The maximum atomic E-state index is 10.0. The molecule has 0 unspecified atom stereocenters. The van der Waals surface area contributed by atoms with Gasteiger partial charge in [-0.1, -0.05) is 12.1 Å². The van der Waals surface area contributed by atoms with Crippen molar-refractivity contribution in [1.82, 2.24) is 15.1 Å². The van der Waals surface area contributed by atoms with Crippen LogP contribution in [0.5, 0.6) is 5.75 Å². The summed E-state index contributed by atoms with van der Waals surface area (Å²) in [5.74, 6) is 1.04. The van der Waals surface area contributed by atoms with Gasteiger partial charge < -0.3 is 10.4 Å². The lowest BCUT2D eigenvalue weighted by atomic mass is 10.0. The van der Waals surface area contributed by atoms with Crippen LogP contribution in [0, 0.1) is 6.92 Å². The zero-order valence-electron chi connectivity index (χ0n) is 14.7. The average Bonchev–Trinajstić information content (AvgIpc) is 2.56. The van der Waals surface area contributed by atoms with E-state index in [9.17, 15) is 5.11 Å². The monoisotopic (exact) mass is 326 g/mol. The first-order valence-corrected chi connectivity index (χ1v) is 8.68. The molecule has 2 aromatic rings. The molecule has 5 heteroatoms. The van der Waals surface area contributed by atoms with Crippen molar-refractivity contribution in [2.24, 2.45) is 0 Å². The normalized spacial score (nSPS) is 18.8. The van der Waals surface area contributed by atoms with Gasteiger partial charge in [-0.3, -0.25) is 4.90 Å². The van der Waals surface area contributed by atoms with Crippen LogP contribution in [0.4, 0.5) is 5.82 Å². The molecule has 2 N–H and O–H groups in total. The number of rotatable bonds is 4. The van der Waals surface area contributed by atoms with Crippen molar-refractivity contribution in [1.29, 1.82) is 0 Å². The second kappa shape index (κ2) is 7.18. The number of hydrogen-bond acceptors (Lipinski definition) is 5.